The fourth-order valence-electron chi connectivity index (χ4n) is 0.637. The predicted octanol–water partition coefficient (Wildman–Crippen LogP) is 1.27. The van der Waals surface area contributed by atoms with Crippen molar-refractivity contribution in [2.24, 2.45) is 0 Å². The summed E-state index contributed by atoms with van der Waals surface area (Å²) in [6.45, 7) is 2.57. The van der Waals surface area contributed by atoms with E-state index in [4.69, 9.17) is 4.74 Å². The van der Waals surface area contributed by atoms with Gasteiger partial charge < -0.3 is 10.1 Å². The first-order valence-electron chi connectivity index (χ1n) is 3.75. The van der Waals surface area contributed by atoms with Crippen molar-refractivity contribution in [3.05, 3.63) is 0 Å². The first kappa shape index (κ1) is 10.8. The van der Waals surface area contributed by atoms with Crippen LogP contribution in [0.25, 0.3) is 0 Å². The van der Waals surface area contributed by atoms with Crippen LogP contribution >= 0.6 is 0 Å². The monoisotopic (exact) mass is 167 g/mol. The highest BCUT2D eigenvalue weighted by Crippen LogP contribution is 2.00. The molecular weight excluding hydrogens is 152 g/mol. The summed E-state index contributed by atoms with van der Waals surface area (Å²) < 4.78 is 28.9. The van der Waals surface area contributed by atoms with E-state index in [0.717, 1.165) is 6.42 Å². The first-order valence-corrected chi connectivity index (χ1v) is 3.75. The molecule has 0 amide bonds. The van der Waals surface area contributed by atoms with E-state index in [1.807, 2.05) is 6.92 Å². The zero-order valence-electron chi connectivity index (χ0n) is 6.94. The largest absolute Gasteiger partial charge is 0.380 e. The van der Waals surface area contributed by atoms with Crippen LogP contribution in [0.3, 0.4) is 0 Å². The van der Waals surface area contributed by atoms with E-state index in [-0.39, 0.29) is 6.61 Å². The van der Waals surface area contributed by atoms with E-state index in [9.17, 15) is 8.78 Å². The molecule has 1 unspecified atom stereocenters. The third kappa shape index (κ3) is 5.09. The zero-order valence-corrected chi connectivity index (χ0v) is 6.94. The topological polar surface area (TPSA) is 21.3 Å². The third-order valence-corrected chi connectivity index (χ3v) is 1.32. The van der Waals surface area contributed by atoms with Gasteiger partial charge in [-0.2, -0.15) is 0 Å². The Bertz CT molecular complexity index is 90.5. The maximum atomic E-state index is 12.0. The van der Waals surface area contributed by atoms with Gasteiger partial charge in [-0.3, -0.25) is 0 Å². The van der Waals surface area contributed by atoms with Gasteiger partial charge in [0.25, 0.3) is 6.43 Å². The second kappa shape index (κ2) is 6.49. The van der Waals surface area contributed by atoms with Crippen LogP contribution in [0.4, 0.5) is 8.78 Å². The quantitative estimate of drug-likeness (QED) is 0.601. The van der Waals surface area contributed by atoms with Crippen molar-refractivity contribution in [1.82, 2.24) is 5.32 Å². The summed E-state index contributed by atoms with van der Waals surface area (Å²) in [5.41, 5.74) is 0. The van der Waals surface area contributed by atoms with E-state index in [2.05, 4.69) is 5.32 Å². The average molecular weight is 167 g/mol. The summed E-state index contributed by atoms with van der Waals surface area (Å²) in [7, 11) is 1.51. The Kier molecular flexibility index (Phi) is 6.36. The Morgan fingerprint density at radius 1 is 1.45 bits per heavy atom. The molecular formula is C7H15F2NO. The second-order valence-corrected chi connectivity index (χ2v) is 2.30. The molecule has 4 heteroatoms. The first-order chi connectivity index (χ1) is 5.22. The van der Waals surface area contributed by atoms with Gasteiger partial charge >= 0.3 is 0 Å². The van der Waals surface area contributed by atoms with Crippen LogP contribution in [0, 0.1) is 0 Å². The highest BCUT2D eigenvalue weighted by molar-refractivity contribution is 4.65. The van der Waals surface area contributed by atoms with Crippen molar-refractivity contribution >= 4 is 0 Å². The van der Waals surface area contributed by atoms with Crippen LogP contribution in [0.5, 0.6) is 0 Å². The van der Waals surface area contributed by atoms with Gasteiger partial charge in [0.1, 0.15) is 0 Å². The average Bonchev–Trinajstić information content (AvgIpc) is 1.97. The molecule has 2 nitrogen and oxygen atoms in total. The van der Waals surface area contributed by atoms with Crippen molar-refractivity contribution in [3.8, 4) is 0 Å². The van der Waals surface area contributed by atoms with E-state index in [1.54, 1.807) is 0 Å². The van der Waals surface area contributed by atoms with E-state index in [1.165, 1.54) is 7.05 Å². The number of ether oxygens (including phenoxy) is 1. The van der Waals surface area contributed by atoms with Gasteiger partial charge in [0.05, 0.1) is 12.6 Å². The molecule has 0 fully saturated rings. The minimum atomic E-state index is -2.35. The fraction of sp³-hybridized carbons (Fsp3) is 1.00. The van der Waals surface area contributed by atoms with Gasteiger partial charge in [-0.25, -0.2) is 8.78 Å². The van der Waals surface area contributed by atoms with Crippen LogP contribution in [-0.4, -0.2) is 32.7 Å². The van der Waals surface area contributed by atoms with Crippen molar-refractivity contribution in [2.75, 3.05) is 20.3 Å². The molecule has 1 N–H and O–H groups in total. The molecule has 0 aromatic rings. The molecule has 0 aliphatic rings. The molecule has 0 saturated carbocycles. The Morgan fingerprint density at radius 3 is 2.45 bits per heavy atom. The summed E-state index contributed by atoms with van der Waals surface area (Å²) >= 11 is 0. The van der Waals surface area contributed by atoms with Gasteiger partial charge in [0.15, 0.2) is 0 Å². The Balaban J connectivity index is 3.36. The second-order valence-electron chi connectivity index (χ2n) is 2.30. The summed E-state index contributed by atoms with van der Waals surface area (Å²) in [5, 5.41) is 2.49. The molecule has 0 saturated heterocycles. The summed E-state index contributed by atoms with van der Waals surface area (Å²) in [4.78, 5) is 0. The summed E-state index contributed by atoms with van der Waals surface area (Å²) in [6.07, 6.45) is -1.49. The number of alkyl halides is 2. The van der Waals surface area contributed by atoms with Crippen molar-refractivity contribution in [3.63, 3.8) is 0 Å². The number of nitrogens with one attached hydrogen (secondary N) is 1. The van der Waals surface area contributed by atoms with Crippen molar-refractivity contribution < 1.29 is 13.5 Å². The molecule has 0 rings (SSSR count). The Labute approximate surface area is 65.9 Å². The minimum Gasteiger partial charge on any atom is -0.380 e. The van der Waals surface area contributed by atoms with Crippen molar-refractivity contribution in [2.45, 2.75) is 25.8 Å². The van der Waals surface area contributed by atoms with Gasteiger partial charge in [-0.05, 0) is 13.5 Å². The Hall–Kier alpha value is -0.220. The van der Waals surface area contributed by atoms with Gasteiger partial charge in [0.2, 0.25) is 0 Å². The standard InChI is InChI=1S/C7H15F2NO/c1-3-4-11-5-6(10-2)7(8)9/h6-7,10H,3-5H2,1-2H3. The van der Waals surface area contributed by atoms with Crippen LogP contribution in [-0.2, 0) is 4.74 Å². The lowest BCUT2D eigenvalue weighted by atomic mass is 10.3. The van der Waals surface area contributed by atoms with Crippen molar-refractivity contribution in [1.29, 1.82) is 0 Å². The lowest BCUT2D eigenvalue weighted by Gasteiger charge is -2.14. The maximum absolute atomic E-state index is 12.0. The highest BCUT2D eigenvalue weighted by Gasteiger charge is 2.17. The molecule has 0 bridgehead atoms. The smallest absolute Gasteiger partial charge is 0.255 e. The molecule has 68 valence electrons. The molecule has 11 heavy (non-hydrogen) atoms. The third-order valence-electron chi connectivity index (χ3n) is 1.32. The normalized spacial score (nSPS) is 13.9. The zero-order chi connectivity index (χ0) is 8.69. The molecule has 0 heterocycles. The van der Waals surface area contributed by atoms with Crippen LogP contribution < -0.4 is 5.32 Å². The van der Waals surface area contributed by atoms with Crippen LogP contribution in [0.2, 0.25) is 0 Å². The van der Waals surface area contributed by atoms with Gasteiger partial charge in [-0.15, -0.1) is 0 Å². The Morgan fingerprint density at radius 2 is 2.09 bits per heavy atom. The number of hydrogen-bond acceptors (Lipinski definition) is 2. The number of halogens is 2. The lowest BCUT2D eigenvalue weighted by Crippen LogP contribution is -2.37. The molecule has 0 aliphatic heterocycles. The molecule has 0 spiro atoms. The summed E-state index contributed by atoms with van der Waals surface area (Å²) in [5.74, 6) is 0. The van der Waals surface area contributed by atoms with Gasteiger partial charge in [-0.1, -0.05) is 6.92 Å². The van der Waals surface area contributed by atoms with Crippen LogP contribution in [0.15, 0.2) is 0 Å². The van der Waals surface area contributed by atoms with E-state index >= 15 is 0 Å². The number of hydrogen-bond donors (Lipinski definition) is 1. The fourth-order valence-corrected chi connectivity index (χ4v) is 0.637. The molecule has 0 aliphatic carbocycles. The van der Waals surface area contributed by atoms with E-state index in [0.29, 0.717) is 6.61 Å². The molecule has 1 atom stereocenters. The highest BCUT2D eigenvalue weighted by atomic mass is 19.3. The lowest BCUT2D eigenvalue weighted by molar-refractivity contribution is 0.0344. The maximum Gasteiger partial charge on any atom is 0.255 e. The minimum absolute atomic E-state index is 0.0853. The molecule has 0 radical (unpaired) electrons. The van der Waals surface area contributed by atoms with E-state index < -0.39 is 12.5 Å². The predicted molar refractivity (Wildman–Crippen MR) is 40.0 cm³/mol. The number of rotatable bonds is 6. The van der Waals surface area contributed by atoms with Gasteiger partial charge in [0, 0.05) is 6.61 Å². The van der Waals surface area contributed by atoms with Crippen LogP contribution in [0.1, 0.15) is 13.3 Å². The SMILES string of the molecule is CCCOCC(NC)C(F)F. The summed E-state index contributed by atoms with van der Waals surface area (Å²) in [6, 6.07) is -0.832. The molecule has 0 aromatic carbocycles. The molecule has 0 aromatic heterocycles. The number of likely N-dealkylation sites (N-methyl/N-ethyl adjacent to an activating group) is 1.